The zero-order valence-corrected chi connectivity index (χ0v) is 17.2. The van der Waals surface area contributed by atoms with E-state index in [9.17, 15) is 4.79 Å². The number of carbonyl (C=O) groups is 1. The number of nitrogens with zero attached hydrogens (tertiary/aromatic N) is 1. The second kappa shape index (κ2) is 10.8. The molecule has 0 aliphatic carbocycles. The number of guanidine groups is 1. The number of hydrogen-bond donors (Lipinski definition) is 3. The summed E-state index contributed by atoms with van der Waals surface area (Å²) in [7, 11) is 4.97. The number of nitrogens with one attached hydrogen (secondary N) is 2. The first-order chi connectivity index (χ1) is 14.0. The van der Waals surface area contributed by atoms with E-state index in [0.717, 1.165) is 22.6 Å². The van der Waals surface area contributed by atoms with E-state index in [4.69, 9.17) is 19.9 Å². The zero-order chi connectivity index (χ0) is 21.2. The van der Waals surface area contributed by atoms with Crippen LogP contribution in [0.3, 0.4) is 0 Å². The average Bonchev–Trinajstić information content (AvgIpc) is 2.74. The van der Waals surface area contributed by atoms with Crippen LogP contribution in [0.15, 0.2) is 47.5 Å². The van der Waals surface area contributed by atoms with Gasteiger partial charge in [0.25, 0.3) is 5.91 Å². The predicted octanol–water partition coefficient (Wildman–Crippen LogP) is 1.99. The number of amides is 1. The Labute approximate surface area is 171 Å². The van der Waals surface area contributed by atoms with Crippen molar-refractivity contribution in [1.82, 2.24) is 10.6 Å². The van der Waals surface area contributed by atoms with Crippen LogP contribution in [0, 0.1) is 0 Å². The van der Waals surface area contributed by atoms with E-state index in [0.29, 0.717) is 18.3 Å². The Bertz CT molecular complexity index is 854. The Morgan fingerprint density at radius 3 is 2.59 bits per heavy atom. The van der Waals surface area contributed by atoms with Crippen molar-refractivity contribution in [3.63, 3.8) is 0 Å². The van der Waals surface area contributed by atoms with Gasteiger partial charge in [-0.25, -0.2) is 0 Å². The van der Waals surface area contributed by atoms with Gasteiger partial charge in [-0.3, -0.25) is 9.79 Å². The molecule has 1 amide bonds. The Morgan fingerprint density at radius 1 is 1.14 bits per heavy atom. The summed E-state index contributed by atoms with van der Waals surface area (Å²) in [5, 5.41) is 6.61. The lowest BCUT2D eigenvalue weighted by atomic mass is 10.1. The van der Waals surface area contributed by atoms with E-state index >= 15 is 0 Å². The quantitative estimate of drug-likeness (QED) is 0.439. The average molecular weight is 400 g/mol. The first-order valence-electron chi connectivity index (χ1n) is 9.16. The highest BCUT2D eigenvalue weighted by Gasteiger charge is 2.14. The van der Waals surface area contributed by atoms with E-state index in [1.165, 1.54) is 0 Å². The molecule has 2 rings (SSSR count). The second-order valence-electron chi connectivity index (χ2n) is 6.30. The van der Waals surface area contributed by atoms with Crippen LogP contribution in [0.2, 0.25) is 0 Å². The topological polar surface area (TPSA) is 107 Å². The zero-order valence-electron chi connectivity index (χ0n) is 17.2. The monoisotopic (exact) mass is 400 g/mol. The van der Waals surface area contributed by atoms with Gasteiger partial charge >= 0.3 is 0 Å². The minimum atomic E-state index is -0.514. The highest BCUT2D eigenvalue weighted by molar-refractivity contribution is 5.80. The highest BCUT2D eigenvalue weighted by atomic mass is 16.5. The minimum Gasteiger partial charge on any atom is -0.497 e. The van der Waals surface area contributed by atoms with Crippen molar-refractivity contribution in [3.8, 4) is 17.2 Å². The Hall–Kier alpha value is -3.42. The summed E-state index contributed by atoms with van der Waals surface area (Å²) in [6, 6.07) is 13.0. The molecule has 1 unspecified atom stereocenters. The number of methoxy groups -OCH3 is 2. The third kappa shape index (κ3) is 6.60. The first-order valence-corrected chi connectivity index (χ1v) is 9.16. The van der Waals surface area contributed by atoms with Gasteiger partial charge in [-0.2, -0.15) is 0 Å². The summed E-state index contributed by atoms with van der Waals surface area (Å²) in [6.07, 6.45) is 0. The maximum absolute atomic E-state index is 10.9. The van der Waals surface area contributed by atoms with Crippen LogP contribution in [0.4, 0.5) is 0 Å². The van der Waals surface area contributed by atoms with Gasteiger partial charge in [0.05, 0.1) is 20.3 Å². The molecule has 0 aliphatic heterocycles. The van der Waals surface area contributed by atoms with Crippen molar-refractivity contribution in [3.05, 3.63) is 53.6 Å². The molecule has 4 N–H and O–H groups in total. The summed E-state index contributed by atoms with van der Waals surface area (Å²) < 4.78 is 16.1. The van der Waals surface area contributed by atoms with Crippen molar-refractivity contribution in [2.24, 2.45) is 10.7 Å². The third-order valence-corrected chi connectivity index (χ3v) is 4.22. The molecule has 8 nitrogen and oxygen atoms in total. The molecule has 8 heteroatoms. The van der Waals surface area contributed by atoms with E-state index < -0.39 is 5.91 Å². The van der Waals surface area contributed by atoms with Gasteiger partial charge in [0.15, 0.2) is 12.6 Å². The summed E-state index contributed by atoms with van der Waals surface area (Å²) in [4.78, 5) is 15.1. The SMILES string of the molecule is CN=C(NCc1cccc(OCC(N)=O)c1)NC(C)c1cc(OC)ccc1OC. The lowest BCUT2D eigenvalue weighted by Crippen LogP contribution is -2.38. The van der Waals surface area contributed by atoms with Crippen LogP contribution >= 0.6 is 0 Å². The molecule has 2 aromatic rings. The Balaban J connectivity index is 2.01. The van der Waals surface area contributed by atoms with E-state index in [-0.39, 0.29) is 12.6 Å². The number of carbonyl (C=O) groups excluding carboxylic acids is 1. The molecule has 0 fully saturated rings. The summed E-state index contributed by atoms with van der Waals surface area (Å²) >= 11 is 0. The van der Waals surface area contributed by atoms with Crippen molar-refractivity contribution in [2.75, 3.05) is 27.9 Å². The fraction of sp³-hybridized carbons (Fsp3) is 0.333. The van der Waals surface area contributed by atoms with Crippen LogP contribution in [-0.4, -0.2) is 39.7 Å². The highest BCUT2D eigenvalue weighted by Crippen LogP contribution is 2.29. The van der Waals surface area contributed by atoms with Gasteiger partial charge in [-0.15, -0.1) is 0 Å². The van der Waals surface area contributed by atoms with Crippen molar-refractivity contribution in [2.45, 2.75) is 19.5 Å². The van der Waals surface area contributed by atoms with Crippen molar-refractivity contribution < 1.29 is 19.0 Å². The molecule has 0 aromatic heterocycles. The van der Waals surface area contributed by atoms with Crippen LogP contribution in [0.25, 0.3) is 0 Å². The van der Waals surface area contributed by atoms with E-state index in [1.54, 1.807) is 27.3 Å². The van der Waals surface area contributed by atoms with Crippen molar-refractivity contribution >= 4 is 11.9 Å². The van der Waals surface area contributed by atoms with Gasteiger partial charge < -0.3 is 30.6 Å². The predicted molar refractivity (Wildman–Crippen MR) is 112 cm³/mol. The van der Waals surface area contributed by atoms with Crippen LogP contribution < -0.4 is 30.6 Å². The molecule has 0 saturated carbocycles. The second-order valence-corrected chi connectivity index (χ2v) is 6.30. The minimum absolute atomic E-state index is 0.0727. The Kier molecular flexibility index (Phi) is 8.14. The molecule has 0 heterocycles. The van der Waals surface area contributed by atoms with E-state index in [1.807, 2.05) is 43.3 Å². The number of rotatable bonds is 9. The molecule has 0 bridgehead atoms. The molecule has 0 spiro atoms. The number of primary amides is 1. The standard InChI is InChI=1S/C21H28N4O4/c1-14(18-11-16(27-3)8-9-19(18)28-4)25-21(23-2)24-12-15-6-5-7-17(10-15)29-13-20(22)26/h5-11,14H,12-13H2,1-4H3,(H2,22,26)(H2,23,24,25). The number of aliphatic imine (C=N–C) groups is 1. The molecule has 2 aromatic carbocycles. The van der Waals surface area contributed by atoms with Gasteiger partial charge in [0, 0.05) is 19.2 Å². The van der Waals surface area contributed by atoms with Gasteiger partial charge in [-0.05, 0) is 42.8 Å². The summed E-state index contributed by atoms with van der Waals surface area (Å²) in [5.41, 5.74) is 7.04. The fourth-order valence-corrected chi connectivity index (χ4v) is 2.74. The lowest BCUT2D eigenvalue weighted by Gasteiger charge is -2.21. The molecule has 0 saturated heterocycles. The van der Waals surface area contributed by atoms with Crippen molar-refractivity contribution in [1.29, 1.82) is 0 Å². The molecule has 0 radical (unpaired) electrons. The van der Waals surface area contributed by atoms with Gasteiger partial charge in [-0.1, -0.05) is 12.1 Å². The normalized spacial score (nSPS) is 12.1. The van der Waals surface area contributed by atoms with Crippen LogP contribution in [0.1, 0.15) is 24.1 Å². The number of ether oxygens (including phenoxy) is 3. The summed E-state index contributed by atoms with van der Waals surface area (Å²) in [6.45, 7) is 2.39. The summed E-state index contributed by atoms with van der Waals surface area (Å²) in [5.74, 6) is 2.22. The molecular weight excluding hydrogens is 372 g/mol. The molecular formula is C21H28N4O4. The maximum Gasteiger partial charge on any atom is 0.255 e. The molecule has 156 valence electrons. The molecule has 29 heavy (non-hydrogen) atoms. The fourth-order valence-electron chi connectivity index (χ4n) is 2.74. The smallest absolute Gasteiger partial charge is 0.255 e. The lowest BCUT2D eigenvalue weighted by molar-refractivity contribution is -0.119. The largest absolute Gasteiger partial charge is 0.497 e. The van der Waals surface area contributed by atoms with Gasteiger partial charge in [0.1, 0.15) is 17.2 Å². The Morgan fingerprint density at radius 2 is 1.93 bits per heavy atom. The number of nitrogens with two attached hydrogens (primary N) is 1. The number of hydrogen-bond acceptors (Lipinski definition) is 5. The maximum atomic E-state index is 10.9. The van der Waals surface area contributed by atoms with Crippen LogP contribution in [0.5, 0.6) is 17.2 Å². The van der Waals surface area contributed by atoms with Gasteiger partial charge in [0.2, 0.25) is 0 Å². The third-order valence-electron chi connectivity index (χ3n) is 4.22. The first kappa shape index (κ1) is 21.9. The molecule has 1 atom stereocenters. The molecule has 0 aliphatic rings. The number of benzene rings is 2. The van der Waals surface area contributed by atoms with E-state index in [2.05, 4.69) is 15.6 Å². The van der Waals surface area contributed by atoms with Crippen LogP contribution in [-0.2, 0) is 11.3 Å².